The molecule has 1 aliphatic rings. The molecule has 0 bridgehead atoms. The monoisotopic (exact) mass is 325 g/mol. The summed E-state index contributed by atoms with van der Waals surface area (Å²) < 4.78 is 4.73. The molecule has 0 aromatic heterocycles. The molecule has 2 aromatic rings. The van der Waals surface area contributed by atoms with Crippen molar-refractivity contribution in [3.63, 3.8) is 0 Å². The van der Waals surface area contributed by atoms with E-state index in [1.165, 1.54) is 12.0 Å². The highest BCUT2D eigenvalue weighted by Gasteiger charge is 2.40. The summed E-state index contributed by atoms with van der Waals surface area (Å²) in [5.41, 5.74) is 3.28. The summed E-state index contributed by atoms with van der Waals surface area (Å²) in [7, 11) is 1.28. The second-order valence-electron chi connectivity index (χ2n) is 5.89. The normalized spacial score (nSPS) is 20.0. The first-order valence-electron chi connectivity index (χ1n) is 7.83. The minimum atomic E-state index is -1.09. The molecule has 5 heteroatoms. The van der Waals surface area contributed by atoms with Crippen LogP contribution in [-0.2, 0) is 9.53 Å². The summed E-state index contributed by atoms with van der Waals surface area (Å²) >= 11 is 0. The molecule has 1 amide bonds. The van der Waals surface area contributed by atoms with Gasteiger partial charge in [0, 0.05) is 12.5 Å². The van der Waals surface area contributed by atoms with Gasteiger partial charge in [-0.15, -0.1) is 0 Å². The summed E-state index contributed by atoms with van der Waals surface area (Å²) in [5, 5.41) is 9.30. The van der Waals surface area contributed by atoms with Gasteiger partial charge in [-0.3, -0.25) is 4.90 Å². The van der Waals surface area contributed by atoms with Crippen molar-refractivity contribution in [2.45, 2.75) is 18.4 Å². The predicted molar refractivity (Wildman–Crippen MR) is 89.8 cm³/mol. The van der Waals surface area contributed by atoms with E-state index in [1.807, 2.05) is 54.6 Å². The summed E-state index contributed by atoms with van der Waals surface area (Å²) in [4.78, 5) is 24.4. The number of carbonyl (C=O) groups excluding carboxylic acids is 1. The van der Waals surface area contributed by atoms with Crippen LogP contribution in [0.25, 0.3) is 11.1 Å². The first-order chi connectivity index (χ1) is 11.6. The van der Waals surface area contributed by atoms with Gasteiger partial charge in [0.05, 0.1) is 7.11 Å². The first-order valence-corrected chi connectivity index (χ1v) is 7.83. The molecule has 1 saturated heterocycles. The smallest absolute Gasteiger partial charge is 0.408 e. The van der Waals surface area contributed by atoms with Gasteiger partial charge in [-0.05, 0) is 23.1 Å². The summed E-state index contributed by atoms with van der Waals surface area (Å²) in [6.45, 7) is 0.305. The van der Waals surface area contributed by atoms with Crippen LogP contribution in [0.2, 0.25) is 0 Å². The Balaban J connectivity index is 1.80. The van der Waals surface area contributed by atoms with Crippen LogP contribution in [0.5, 0.6) is 0 Å². The molecule has 24 heavy (non-hydrogen) atoms. The molecular weight excluding hydrogens is 306 g/mol. The zero-order valence-corrected chi connectivity index (χ0v) is 13.4. The van der Waals surface area contributed by atoms with Crippen molar-refractivity contribution >= 4 is 12.1 Å². The van der Waals surface area contributed by atoms with E-state index >= 15 is 0 Å². The molecule has 5 nitrogen and oxygen atoms in total. The first kappa shape index (κ1) is 16.1. The average Bonchev–Trinajstić information content (AvgIpc) is 3.08. The Bertz CT molecular complexity index is 727. The van der Waals surface area contributed by atoms with Gasteiger partial charge in [0.25, 0.3) is 0 Å². The second-order valence-corrected chi connectivity index (χ2v) is 5.89. The number of amides is 1. The third-order valence-corrected chi connectivity index (χ3v) is 4.51. The number of likely N-dealkylation sites (tertiary alicyclic amines) is 1. The third kappa shape index (κ3) is 3.11. The lowest BCUT2D eigenvalue weighted by molar-refractivity contribution is -0.145. The van der Waals surface area contributed by atoms with Crippen molar-refractivity contribution in [2.24, 2.45) is 0 Å². The van der Waals surface area contributed by atoms with Crippen LogP contribution in [0.1, 0.15) is 17.9 Å². The minimum absolute atomic E-state index is 0.00461. The summed E-state index contributed by atoms with van der Waals surface area (Å²) in [6, 6.07) is 17.4. The van der Waals surface area contributed by atoms with Gasteiger partial charge >= 0.3 is 12.1 Å². The molecule has 0 aliphatic carbocycles. The Morgan fingerprint density at radius 2 is 1.67 bits per heavy atom. The number of carboxylic acid groups (broad SMARTS) is 1. The van der Waals surface area contributed by atoms with Crippen LogP contribution >= 0.6 is 0 Å². The van der Waals surface area contributed by atoms with Gasteiger partial charge in [0.2, 0.25) is 0 Å². The highest BCUT2D eigenvalue weighted by atomic mass is 16.5. The number of ether oxygens (including phenoxy) is 1. The summed E-state index contributed by atoms with van der Waals surface area (Å²) in [6.07, 6.45) is -0.641. The molecule has 3 rings (SSSR count). The Morgan fingerprint density at radius 1 is 1.04 bits per heavy atom. The van der Waals surface area contributed by atoms with Crippen LogP contribution in [0.3, 0.4) is 0 Å². The van der Waals surface area contributed by atoms with Gasteiger partial charge in [-0.1, -0.05) is 54.6 Å². The average molecular weight is 325 g/mol. The van der Waals surface area contributed by atoms with E-state index in [9.17, 15) is 14.7 Å². The molecule has 0 spiro atoms. The van der Waals surface area contributed by atoms with E-state index in [1.54, 1.807) is 0 Å². The van der Waals surface area contributed by atoms with Crippen molar-refractivity contribution in [1.29, 1.82) is 0 Å². The summed E-state index contributed by atoms with van der Waals surface area (Å²) in [5.74, 6) is -0.504. The topological polar surface area (TPSA) is 66.8 Å². The Hall–Kier alpha value is -2.82. The van der Waals surface area contributed by atoms with Crippen molar-refractivity contribution in [3.05, 3.63) is 60.2 Å². The van der Waals surface area contributed by atoms with E-state index in [-0.39, 0.29) is 5.92 Å². The highest BCUT2D eigenvalue weighted by Crippen LogP contribution is 2.33. The van der Waals surface area contributed by atoms with E-state index in [0.29, 0.717) is 13.0 Å². The number of benzene rings is 2. The minimum Gasteiger partial charge on any atom is -0.467 e. The number of rotatable bonds is 3. The van der Waals surface area contributed by atoms with Crippen LogP contribution in [0, 0.1) is 0 Å². The molecule has 2 atom stereocenters. The van der Waals surface area contributed by atoms with Crippen molar-refractivity contribution in [1.82, 2.24) is 4.90 Å². The van der Waals surface area contributed by atoms with E-state index in [0.717, 1.165) is 16.7 Å². The van der Waals surface area contributed by atoms with Crippen LogP contribution in [0.4, 0.5) is 4.79 Å². The number of esters is 1. The second kappa shape index (κ2) is 6.74. The lowest BCUT2D eigenvalue weighted by atomic mass is 9.94. The third-order valence-electron chi connectivity index (χ3n) is 4.51. The van der Waals surface area contributed by atoms with Crippen molar-refractivity contribution in [2.75, 3.05) is 13.7 Å². The maximum atomic E-state index is 11.8. The molecule has 2 aromatic carbocycles. The number of methoxy groups -OCH3 is 1. The van der Waals surface area contributed by atoms with E-state index in [4.69, 9.17) is 4.74 Å². The number of nitrogens with zero attached hydrogens (tertiary/aromatic N) is 1. The fourth-order valence-corrected chi connectivity index (χ4v) is 3.23. The lowest BCUT2D eigenvalue weighted by Crippen LogP contribution is -2.40. The van der Waals surface area contributed by atoms with Crippen LogP contribution in [-0.4, -0.2) is 41.8 Å². The van der Waals surface area contributed by atoms with Gasteiger partial charge in [-0.2, -0.15) is 0 Å². The molecule has 1 fully saturated rings. The molecule has 124 valence electrons. The van der Waals surface area contributed by atoms with Gasteiger partial charge in [-0.25, -0.2) is 9.59 Å². The largest absolute Gasteiger partial charge is 0.467 e. The zero-order valence-electron chi connectivity index (χ0n) is 13.4. The number of hydrogen-bond acceptors (Lipinski definition) is 3. The quantitative estimate of drug-likeness (QED) is 0.879. The predicted octanol–water partition coefficient (Wildman–Crippen LogP) is 3.36. The molecule has 1 heterocycles. The molecule has 1 N–H and O–H groups in total. The molecule has 1 aliphatic heterocycles. The van der Waals surface area contributed by atoms with Crippen LogP contribution in [0.15, 0.2) is 54.6 Å². The van der Waals surface area contributed by atoms with Crippen LogP contribution < -0.4 is 0 Å². The van der Waals surface area contributed by atoms with Gasteiger partial charge in [0.15, 0.2) is 0 Å². The maximum absolute atomic E-state index is 11.8. The highest BCUT2D eigenvalue weighted by molar-refractivity contribution is 5.81. The number of carbonyl (C=O) groups is 2. The molecule has 2 unspecified atom stereocenters. The van der Waals surface area contributed by atoms with Gasteiger partial charge in [0.1, 0.15) is 6.04 Å². The Morgan fingerprint density at radius 3 is 2.25 bits per heavy atom. The molecule has 0 saturated carbocycles. The molecular formula is C19H19NO4. The molecule has 0 radical (unpaired) electrons. The van der Waals surface area contributed by atoms with E-state index < -0.39 is 18.1 Å². The zero-order chi connectivity index (χ0) is 17.1. The van der Waals surface area contributed by atoms with E-state index in [2.05, 4.69) is 0 Å². The number of hydrogen-bond donors (Lipinski definition) is 1. The fraction of sp³-hybridized carbons (Fsp3) is 0.263. The standard InChI is InChI=1S/C19H19NO4/c1-24-18(21)17-11-16(12-20(17)19(22)23)15-9-7-14(8-10-15)13-5-3-2-4-6-13/h2-10,16-17H,11-12H2,1H3,(H,22,23). The Labute approximate surface area is 140 Å². The Kier molecular flexibility index (Phi) is 4.51. The maximum Gasteiger partial charge on any atom is 0.408 e. The fourth-order valence-electron chi connectivity index (χ4n) is 3.23. The SMILES string of the molecule is COC(=O)C1CC(c2ccc(-c3ccccc3)cc2)CN1C(=O)O. The van der Waals surface area contributed by atoms with Crippen molar-refractivity contribution in [3.8, 4) is 11.1 Å². The lowest BCUT2D eigenvalue weighted by Gasteiger charge is -2.18. The van der Waals surface area contributed by atoms with Gasteiger partial charge < -0.3 is 9.84 Å². The van der Waals surface area contributed by atoms with Crippen molar-refractivity contribution < 1.29 is 19.4 Å².